The molecule has 3 aromatic rings. The van der Waals surface area contributed by atoms with Crippen LogP contribution in [-0.4, -0.2) is 4.57 Å². The topological polar surface area (TPSA) is 30.9 Å². The molecule has 2 aromatic carbocycles. The molecule has 90 valence electrons. The number of nitrogen functional groups attached to an aromatic ring is 1. The molecule has 0 saturated heterocycles. The molecule has 0 fully saturated rings. The molecule has 0 aliphatic carbocycles. The summed E-state index contributed by atoms with van der Waals surface area (Å²) in [5.74, 6) is 0. The van der Waals surface area contributed by atoms with Crippen molar-refractivity contribution in [2.45, 2.75) is 6.54 Å². The van der Waals surface area contributed by atoms with Crippen molar-refractivity contribution in [3.8, 4) is 0 Å². The molecule has 0 radical (unpaired) electrons. The first-order valence-corrected chi connectivity index (χ1v) is 6.19. The maximum Gasteiger partial charge on any atom is 0.0484 e. The van der Waals surface area contributed by atoms with Crippen LogP contribution in [0.4, 0.5) is 5.69 Å². The SMILES string of the molecule is Nc1ccc2c(ccn2Cc2cccc(Cl)c2)c1. The Morgan fingerprint density at radius 1 is 1.06 bits per heavy atom. The molecule has 0 saturated carbocycles. The molecule has 0 unspecified atom stereocenters. The standard InChI is InChI=1S/C15H13ClN2/c16-13-3-1-2-11(8-13)10-18-7-6-12-9-14(17)4-5-15(12)18/h1-9H,10,17H2. The van der Waals surface area contributed by atoms with E-state index < -0.39 is 0 Å². The first-order valence-electron chi connectivity index (χ1n) is 5.81. The molecule has 3 heteroatoms. The van der Waals surface area contributed by atoms with Crippen LogP contribution in [0.3, 0.4) is 0 Å². The van der Waals surface area contributed by atoms with E-state index in [2.05, 4.69) is 29.0 Å². The highest BCUT2D eigenvalue weighted by Crippen LogP contribution is 2.20. The van der Waals surface area contributed by atoms with Gasteiger partial charge in [-0.2, -0.15) is 0 Å². The van der Waals surface area contributed by atoms with Crippen molar-refractivity contribution in [1.29, 1.82) is 0 Å². The predicted octanol–water partition coefficient (Wildman–Crippen LogP) is 3.93. The lowest BCUT2D eigenvalue weighted by atomic mass is 10.2. The number of fused-ring (bicyclic) bond motifs is 1. The van der Waals surface area contributed by atoms with E-state index in [0.717, 1.165) is 22.6 Å². The van der Waals surface area contributed by atoms with Gasteiger partial charge in [0.2, 0.25) is 0 Å². The van der Waals surface area contributed by atoms with E-state index in [1.165, 1.54) is 11.1 Å². The molecule has 0 aliphatic rings. The van der Waals surface area contributed by atoms with Crippen molar-refractivity contribution >= 4 is 28.2 Å². The normalized spacial score (nSPS) is 10.9. The summed E-state index contributed by atoms with van der Waals surface area (Å²) in [5, 5.41) is 1.94. The Labute approximate surface area is 111 Å². The van der Waals surface area contributed by atoms with Gasteiger partial charge in [-0.05, 0) is 42.0 Å². The van der Waals surface area contributed by atoms with Crippen LogP contribution in [0.2, 0.25) is 5.02 Å². The van der Waals surface area contributed by atoms with E-state index in [-0.39, 0.29) is 0 Å². The minimum Gasteiger partial charge on any atom is -0.399 e. The van der Waals surface area contributed by atoms with E-state index in [0.29, 0.717) is 0 Å². The molecule has 3 rings (SSSR count). The van der Waals surface area contributed by atoms with Crippen LogP contribution in [0.1, 0.15) is 5.56 Å². The van der Waals surface area contributed by atoms with Gasteiger partial charge in [0.05, 0.1) is 0 Å². The molecular weight excluding hydrogens is 244 g/mol. The smallest absolute Gasteiger partial charge is 0.0484 e. The van der Waals surface area contributed by atoms with Gasteiger partial charge in [-0.3, -0.25) is 0 Å². The number of hydrogen-bond acceptors (Lipinski definition) is 1. The van der Waals surface area contributed by atoms with E-state index in [4.69, 9.17) is 17.3 Å². The minimum absolute atomic E-state index is 0.771. The zero-order chi connectivity index (χ0) is 12.5. The van der Waals surface area contributed by atoms with Crippen LogP contribution in [0, 0.1) is 0 Å². The largest absolute Gasteiger partial charge is 0.399 e. The summed E-state index contributed by atoms with van der Waals surface area (Å²) in [7, 11) is 0. The molecule has 0 aliphatic heterocycles. The Morgan fingerprint density at radius 2 is 1.94 bits per heavy atom. The fourth-order valence-corrected chi connectivity index (χ4v) is 2.40. The van der Waals surface area contributed by atoms with Crippen LogP contribution < -0.4 is 5.73 Å². The number of nitrogens with two attached hydrogens (primary N) is 1. The summed E-state index contributed by atoms with van der Waals surface area (Å²) in [6, 6.07) is 16.0. The van der Waals surface area contributed by atoms with Crippen LogP contribution >= 0.6 is 11.6 Å². The lowest BCUT2D eigenvalue weighted by Gasteiger charge is -2.06. The average molecular weight is 257 g/mol. The molecular formula is C15H13ClN2. The molecule has 1 aromatic heterocycles. The third kappa shape index (κ3) is 2.07. The highest BCUT2D eigenvalue weighted by atomic mass is 35.5. The van der Waals surface area contributed by atoms with Gasteiger partial charge < -0.3 is 10.3 Å². The van der Waals surface area contributed by atoms with Crippen molar-refractivity contribution in [3.63, 3.8) is 0 Å². The van der Waals surface area contributed by atoms with Crippen LogP contribution in [0.15, 0.2) is 54.7 Å². The summed E-state index contributed by atoms with van der Waals surface area (Å²) >= 11 is 6.00. The summed E-state index contributed by atoms with van der Waals surface area (Å²) in [5.41, 5.74) is 8.95. The highest BCUT2D eigenvalue weighted by molar-refractivity contribution is 6.30. The fourth-order valence-electron chi connectivity index (χ4n) is 2.19. The van der Waals surface area contributed by atoms with Gasteiger partial charge in [0, 0.05) is 34.4 Å². The molecule has 2 nitrogen and oxygen atoms in total. The second-order valence-corrected chi connectivity index (χ2v) is 4.83. The van der Waals surface area contributed by atoms with Gasteiger partial charge in [0.1, 0.15) is 0 Å². The van der Waals surface area contributed by atoms with E-state index in [1.54, 1.807) is 0 Å². The van der Waals surface area contributed by atoms with E-state index in [9.17, 15) is 0 Å². The van der Waals surface area contributed by atoms with Crippen molar-refractivity contribution < 1.29 is 0 Å². The number of rotatable bonds is 2. The van der Waals surface area contributed by atoms with Crippen molar-refractivity contribution in [2.75, 3.05) is 5.73 Å². The number of hydrogen-bond donors (Lipinski definition) is 1. The van der Waals surface area contributed by atoms with Crippen molar-refractivity contribution in [1.82, 2.24) is 4.57 Å². The second kappa shape index (κ2) is 4.39. The van der Waals surface area contributed by atoms with Gasteiger partial charge in [-0.1, -0.05) is 23.7 Å². The van der Waals surface area contributed by atoms with Gasteiger partial charge >= 0.3 is 0 Å². The van der Waals surface area contributed by atoms with Crippen molar-refractivity contribution in [2.24, 2.45) is 0 Å². The maximum atomic E-state index is 6.00. The number of benzene rings is 2. The van der Waals surface area contributed by atoms with Gasteiger partial charge in [0.15, 0.2) is 0 Å². The molecule has 1 heterocycles. The Kier molecular flexibility index (Phi) is 2.73. The van der Waals surface area contributed by atoms with Crippen molar-refractivity contribution in [3.05, 3.63) is 65.3 Å². The van der Waals surface area contributed by atoms with Gasteiger partial charge in [0.25, 0.3) is 0 Å². The number of aromatic nitrogens is 1. The average Bonchev–Trinajstić information content (AvgIpc) is 2.72. The third-order valence-electron chi connectivity index (χ3n) is 3.04. The maximum absolute atomic E-state index is 6.00. The van der Waals surface area contributed by atoms with Crippen LogP contribution in [0.5, 0.6) is 0 Å². The number of nitrogens with zero attached hydrogens (tertiary/aromatic N) is 1. The number of anilines is 1. The first-order chi connectivity index (χ1) is 8.72. The van der Waals surface area contributed by atoms with Gasteiger partial charge in [-0.15, -0.1) is 0 Å². The molecule has 0 spiro atoms. The summed E-state index contributed by atoms with van der Waals surface area (Å²) in [4.78, 5) is 0. The Bertz CT molecular complexity index is 701. The molecule has 2 N–H and O–H groups in total. The predicted molar refractivity (Wildman–Crippen MR) is 76.9 cm³/mol. The summed E-state index contributed by atoms with van der Waals surface area (Å²) < 4.78 is 2.19. The third-order valence-corrected chi connectivity index (χ3v) is 3.27. The zero-order valence-corrected chi connectivity index (χ0v) is 10.6. The van der Waals surface area contributed by atoms with Crippen LogP contribution in [-0.2, 0) is 6.54 Å². The molecule has 18 heavy (non-hydrogen) atoms. The van der Waals surface area contributed by atoms with Crippen LogP contribution in [0.25, 0.3) is 10.9 Å². The summed E-state index contributed by atoms with van der Waals surface area (Å²) in [6.07, 6.45) is 2.07. The molecule has 0 bridgehead atoms. The monoisotopic (exact) mass is 256 g/mol. The Hall–Kier alpha value is -1.93. The highest BCUT2D eigenvalue weighted by Gasteiger charge is 2.02. The quantitative estimate of drug-likeness (QED) is 0.692. The first kappa shape index (κ1) is 11.2. The Morgan fingerprint density at radius 3 is 2.78 bits per heavy atom. The zero-order valence-electron chi connectivity index (χ0n) is 9.81. The lowest BCUT2D eigenvalue weighted by molar-refractivity contribution is 0.837. The fraction of sp³-hybridized carbons (Fsp3) is 0.0667. The van der Waals surface area contributed by atoms with E-state index in [1.807, 2.05) is 30.3 Å². The molecule has 0 amide bonds. The van der Waals surface area contributed by atoms with Gasteiger partial charge in [-0.25, -0.2) is 0 Å². The Balaban J connectivity index is 2.00. The second-order valence-electron chi connectivity index (χ2n) is 4.39. The number of halogens is 1. The lowest BCUT2D eigenvalue weighted by Crippen LogP contribution is -1.97. The van der Waals surface area contributed by atoms with E-state index >= 15 is 0 Å². The molecule has 0 atom stereocenters. The summed E-state index contributed by atoms with van der Waals surface area (Å²) in [6.45, 7) is 0.813. The minimum atomic E-state index is 0.771.